The minimum Gasteiger partial charge on any atom is -0.455 e. The maximum absolute atomic E-state index is 8.77. The second-order valence-electron chi connectivity index (χ2n) is 4.82. The van der Waals surface area contributed by atoms with Crippen molar-refractivity contribution in [3.63, 3.8) is 0 Å². The van der Waals surface area contributed by atoms with E-state index in [9.17, 15) is 0 Å². The van der Waals surface area contributed by atoms with Gasteiger partial charge in [-0.25, -0.2) is 4.98 Å². The van der Waals surface area contributed by atoms with E-state index in [1.807, 2.05) is 24.3 Å². The van der Waals surface area contributed by atoms with Gasteiger partial charge in [-0.2, -0.15) is 0 Å². The van der Waals surface area contributed by atoms with Gasteiger partial charge in [0.15, 0.2) is 17.3 Å². The fraction of sp³-hybridized carbons (Fsp3) is 0.250. The maximum Gasteiger partial charge on any atom is 0.192 e. The highest BCUT2D eigenvalue weighted by Gasteiger charge is 2.10. The molecule has 0 aliphatic carbocycles. The SMILES string of the molecule is CCC(C)c1ccc(Oc2cccnc2/C(N)=N/O)cc1. The van der Waals surface area contributed by atoms with Crippen LogP contribution in [0.2, 0.25) is 0 Å². The number of ether oxygens (including phenoxy) is 1. The first kappa shape index (κ1) is 14.8. The van der Waals surface area contributed by atoms with Crippen LogP contribution in [0.1, 0.15) is 37.4 Å². The molecule has 1 unspecified atom stereocenters. The molecule has 5 heteroatoms. The predicted octanol–water partition coefficient (Wildman–Crippen LogP) is 3.48. The number of hydrogen-bond donors (Lipinski definition) is 2. The number of benzene rings is 1. The van der Waals surface area contributed by atoms with E-state index in [1.165, 1.54) is 5.56 Å². The van der Waals surface area contributed by atoms with Crippen molar-refractivity contribution in [2.24, 2.45) is 10.9 Å². The Bertz CT molecular complexity index is 624. The molecule has 0 radical (unpaired) electrons. The predicted molar refractivity (Wildman–Crippen MR) is 82.0 cm³/mol. The van der Waals surface area contributed by atoms with E-state index < -0.39 is 0 Å². The summed E-state index contributed by atoms with van der Waals surface area (Å²) in [6.45, 7) is 4.35. The van der Waals surface area contributed by atoms with Gasteiger partial charge in [0.05, 0.1) is 0 Å². The van der Waals surface area contributed by atoms with Crippen molar-refractivity contribution in [3.05, 3.63) is 53.9 Å². The molecular weight excluding hydrogens is 266 g/mol. The zero-order valence-corrected chi connectivity index (χ0v) is 12.2. The van der Waals surface area contributed by atoms with Crippen molar-refractivity contribution >= 4 is 5.84 Å². The van der Waals surface area contributed by atoms with E-state index in [0.29, 0.717) is 23.1 Å². The third kappa shape index (κ3) is 3.51. The van der Waals surface area contributed by atoms with Crippen LogP contribution in [0.25, 0.3) is 0 Å². The minimum absolute atomic E-state index is 0.0816. The van der Waals surface area contributed by atoms with Gasteiger partial charge in [0.2, 0.25) is 0 Å². The first-order valence-corrected chi connectivity index (χ1v) is 6.86. The van der Waals surface area contributed by atoms with E-state index in [1.54, 1.807) is 18.3 Å². The van der Waals surface area contributed by atoms with Gasteiger partial charge in [-0.1, -0.05) is 31.1 Å². The summed E-state index contributed by atoms with van der Waals surface area (Å²) >= 11 is 0. The van der Waals surface area contributed by atoms with Crippen LogP contribution in [-0.2, 0) is 0 Å². The maximum atomic E-state index is 8.77. The monoisotopic (exact) mass is 285 g/mol. The topological polar surface area (TPSA) is 80.7 Å². The number of nitrogens with two attached hydrogens (primary N) is 1. The molecule has 5 nitrogen and oxygen atoms in total. The van der Waals surface area contributed by atoms with Crippen molar-refractivity contribution < 1.29 is 9.94 Å². The molecule has 1 heterocycles. The Morgan fingerprint density at radius 2 is 2.05 bits per heavy atom. The smallest absolute Gasteiger partial charge is 0.192 e. The van der Waals surface area contributed by atoms with Crippen LogP contribution in [0.4, 0.5) is 0 Å². The Balaban J connectivity index is 2.23. The molecule has 1 aromatic carbocycles. The quantitative estimate of drug-likeness (QED) is 0.381. The van der Waals surface area contributed by atoms with Gasteiger partial charge in [0.25, 0.3) is 0 Å². The summed E-state index contributed by atoms with van der Waals surface area (Å²) in [4.78, 5) is 4.06. The van der Waals surface area contributed by atoms with Crippen molar-refractivity contribution in [2.45, 2.75) is 26.2 Å². The van der Waals surface area contributed by atoms with Gasteiger partial charge >= 0.3 is 0 Å². The Labute approximate surface area is 124 Å². The largest absolute Gasteiger partial charge is 0.455 e. The lowest BCUT2D eigenvalue weighted by Crippen LogP contribution is -2.15. The second kappa shape index (κ2) is 6.74. The Kier molecular flexibility index (Phi) is 4.77. The standard InChI is InChI=1S/C16H19N3O2/c1-3-11(2)12-6-8-13(9-7-12)21-14-5-4-10-18-15(14)16(17)19-20/h4-11,20H,3H2,1-2H3,(H2,17,19). The fourth-order valence-corrected chi connectivity index (χ4v) is 1.94. The molecule has 0 saturated carbocycles. The average molecular weight is 285 g/mol. The van der Waals surface area contributed by atoms with Crippen LogP contribution in [0.5, 0.6) is 11.5 Å². The number of nitrogens with zero attached hydrogens (tertiary/aromatic N) is 2. The number of amidine groups is 1. The summed E-state index contributed by atoms with van der Waals surface area (Å²) in [6, 6.07) is 11.4. The van der Waals surface area contributed by atoms with Crippen molar-refractivity contribution in [1.29, 1.82) is 0 Å². The van der Waals surface area contributed by atoms with Crippen molar-refractivity contribution in [2.75, 3.05) is 0 Å². The summed E-state index contributed by atoms with van der Waals surface area (Å²) in [6.07, 6.45) is 2.66. The molecule has 0 bridgehead atoms. The molecule has 2 rings (SSSR count). The molecule has 1 atom stereocenters. The Morgan fingerprint density at radius 3 is 2.67 bits per heavy atom. The van der Waals surface area contributed by atoms with Crippen LogP contribution < -0.4 is 10.5 Å². The first-order chi connectivity index (χ1) is 10.2. The molecule has 0 aliphatic rings. The van der Waals surface area contributed by atoms with E-state index >= 15 is 0 Å². The molecule has 0 aliphatic heterocycles. The summed E-state index contributed by atoms with van der Waals surface area (Å²) < 4.78 is 5.77. The van der Waals surface area contributed by atoms with E-state index in [2.05, 4.69) is 24.0 Å². The molecule has 0 saturated heterocycles. The zero-order chi connectivity index (χ0) is 15.2. The third-order valence-corrected chi connectivity index (χ3v) is 3.41. The van der Waals surface area contributed by atoms with E-state index in [4.69, 9.17) is 15.7 Å². The van der Waals surface area contributed by atoms with Crippen LogP contribution in [0, 0.1) is 0 Å². The highest BCUT2D eigenvalue weighted by atomic mass is 16.5. The molecule has 0 amide bonds. The molecule has 0 spiro atoms. The highest BCUT2D eigenvalue weighted by molar-refractivity contribution is 5.97. The van der Waals surface area contributed by atoms with Gasteiger partial charge in [-0.3, -0.25) is 0 Å². The molecular formula is C16H19N3O2. The minimum atomic E-state index is -0.0816. The number of aromatic nitrogens is 1. The summed E-state index contributed by atoms with van der Waals surface area (Å²) in [5, 5.41) is 11.7. The van der Waals surface area contributed by atoms with Crippen molar-refractivity contribution in [3.8, 4) is 11.5 Å². The van der Waals surface area contributed by atoms with Crippen molar-refractivity contribution in [1.82, 2.24) is 4.98 Å². The summed E-state index contributed by atoms with van der Waals surface area (Å²) in [5.74, 6) is 1.57. The van der Waals surface area contributed by atoms with Crippen LogP contribution in [0.3, 0.4) is 0 Å². The van der Waals surface area contributed by atoms with E-state index in [-0.39, 0.29) is 5.84 Å². The number of hydrogen-bond acceptors (Lipinski definition) is 4. The molecule has 2 aromatic rings. The summed E-state index contributed by atoms with van der Waals surface area (Å²) in [5.41, 5.74) is 7.17. The second-order valence-corrected chi connectivity index (χ2v) is 4.82. The number of oxime groups is 1. The van der Waals surface area contributed by atoms with Gasteiger partial charge in [0.1, 0.15) is 5.75 Å². The first-order valence-electron chi connectivity index (χ1n) is 6.86. The number of pyridine rings is 1. The molecule has 0 fully saturated rings. The van der Waals surface area contributed by atoms with E-state index in [0.717, 1.165) is 6.42 Å². The Hall–Kier alpha value is -2.56. The lowest BCUT2D eigenvalue weighted by molar-refractivity contribution is 0.318. The zero-order valence-electron chi connectivity index (χ0n) is 12.2. The fourth-order valence-electron chi connectivity index (χ4n) is 1.94. The molecule has 3 N–H and O–H groups in total. The average Bonchev–Trinajstić information content (AvgIpc) is 2.54. The number of rotatable bonds is 5. The molecule has 1 aromatic heterocycles. The highest BCUT2D eigenvalue weighted by Crippen LogP contribution is 2.26. The van der Waals surface area contributed by atoms with Crippen LogP contribution in [0.15, 0.2) is 47.8 Å². The molecule has 21 heavy (non-hydrogen) atoms. The van der Waals surface area contributed by atoms with Gasteiger partial charge < -0.3 is 15.7 Å². The van der Waals surface area contributed by atoms with Crippen LogP contribution in [-0.4, -0.2) is 16.0 Å². The van der Waals surface area contributed by atoms with Crippen LogP contribution >= 0.6 is 0 Å². The normalized spacial score (nSPS) is 13.0. The lowest BCUT2D eigenvalue weighted by atomic mass is 9.99. The Morgan fingerprint density at radius 1 is 1.33 bits per heavy atom. The van der Waals surface area contributed by atoms with Gasteiger partial charge in [-0.05, 0) is 42.2 Å². The van der Waals surface area contributed by atoms with Gasteiger partial charge in [0, 0.05) is 6.20 Å². The third-order valence-electron chi connectivity index (χ3n) is 3.41. The summed E-state index contributed by atoms with van der Waals surface area (Å²) in [7, 11) is 0. The van der Waals surface area contributed by atoms with Gasteiger partial charge in [-0.15, -0.1) is 0 Å². The molecule has 110 valence electrons. The lowest BCUT2D eigenvalue weighted by Gasteiger charge is -2.12.